The Hall–Kier alpha value is -1.86. The van der Waals surface area contributed by atoms with Gasteiger partial charge in [0, 0.05) is 31.9 Å². The summed E-state index contributed by atoms with van der Waals surface area (Å²) in [5, 5.41) is 0. The van der Waals surface area contributed by atoms with Crippen LogP contribution in [0.15, 0.2) is 24.4 Å². The van der Waals surface area contributed by atoms with Gasteiger partial charge in [-0.15, -0.1) is 12.4 Å². The number of hydrogen-bond acceptors (Lipinski definition) is 6. The van der Waals surface area contributed by atoms with Gasteiger partial charge in [-0.05, 0) is 24.5 Å². The minimum atomic E-state index is -0.699. The van der Waals surface area contributed by atoms with E-state index in [1.165, 1.54) is 4.90 Å². The minimum absolute atomic E-state index is 0. The number of carbonyl (C=O) groups is 2. The van der Waals surface area contributed by atoms with Crippen LogP contribution >= 0.6 is 12.4 Å². The summed E-state index contributed by atoms with van der Waals surface area (Å²) < 4.78 is 9.73. The Bertz CT molecular complexity index is 499. The Morgan fingerprint density at radius 3 is 2.58 bits per heavy atom. The van der Waals surface area contributed by atoms with Crippen molar-refractivity contribution in [2.24, 2.45) is 11.7 Å². The fourth-order valence-corrected chi connectivity index (χ4v) is 1.88. The molecule has 1 rings (SSSR count). The third-order valence-electron chi connectivity index (χ3n) is 3.15. The predicted molar refractivity (Wildman–Crippen MR) is 92.7 cm³/mol. The second-order valence-corrected chi connectivity index (χ2v) is 5.72. The number of ether oxygens (including phenoxy) is 2. The van der Waals surface area contributed by atoms with E-state index in [2.05, 4.69) is 4.98 Å². The van der Waals surface area contributed by atoms with Crippen molar-refractivity contribution in [2.75, 3.05) is 20.4 Å². The number of hydrogen-bond donors (Lipinski definition) is 1. The topological polar surface area (TPSA) is 94.8 Å². The summed E-state index contributed by atoms with van der Waals surface area (Å²) in [6, 6.07) is 4.91. The van der Waals surface area contributed by atoms with Gasteiger partial charge in [-0.25, -0.2) is 4.79 Å². The molecule has 1 aromatic heterocycles. The minimum Gasteiger partial charge on any atom is -0.427 e. The van der Waals surface area contributed by atoms with Gasteiger partial charge in [0.15, 0.2) is 0 Å². The molecular formula is C16H26ClN3O4. The molecule has 0 bridgehead atoms. The second-order valence-electron chi connectivity index (χ2n) is 5.72. The summed E-state index contributed by atoms with van der Waals surface area (Å²) in [7, 11) is 1.61. The molecule has 0 aliphatic rings. The lowest BCUT2D eigenvalue weighted by molar-refractivity contribution is -0.154. The fourth-order valence-electron chi connectivity index (χ4n) is 1.88. The molecule has 0 fully saturated rings. The molecule has 0 saturated carbocycles. The van der Waals surface area contributed by atoms with Crippen LogP contribution in [0.5, 0.6) is 0 Å². The zero-order valence-corrected chi connectivity index (χ0v) is 15.1. The van der Waals surface area contributed by atoms with E-state index < -0.39 is 24.9 Å². The van der Waals surface area contributed by atoms with E-state index in [9.17, 15) is 9.59 Å². The standard InChI is InChI=1S/C16H25N3O4.ClH/c1-12(2)10-14(17)15(20)22-11-23-16(21)19(3)9-7-13-6-4-5-8-18-13;/h4-6,8,12,14H,7,9-11,17H2,1-3H3;1H/t14-;/m0./s1. The van der Waals surface area contributed by atoms with Gasteiger partial charge in [0.25, 0.3) is 0 Å². The van der Waals surface area contributed by atoms with Gasteiger partial charge in [-0.1, -0.05) is 19.9 Å². The number of nitrogens with zero attached hydrogens (tertiary/aromatic N) is 2. The Labute approximate surface area is 148 Å². The van der Waals surface area contributed by atoms with Crippen LogP contribution in [-0.4, -0.2) is 48.4 Å². The van der Waals surface area contributed by atoms with Crippen molar-refractivity contribution in [2.45, 2.75) is 32.7 Å². The number of esters is 1. The second kappa shape index (κ2) is 11.6. The van der Waals surface area contributed by atoms with Gasteiger partial charge in [0.05, 0.1) is 0 Å². The summed E-state index contributed by atoms with van der Waals surface area (Å²) in [6.45, 7) is 3.95. The van der Waals surface area contributed by atoms with Crippen molar-refractivity contribution in [3.8, 4) is 0 Å². The highest BCUT2D eigenvalue weighted by molar-refractivity contribution is 5.85. The molecular weight excluding hydrogens is 334 g/mol. The zero-order valence-electron chi connectivity index (χ0n) is 14.3. The van der Waals surface area contributed by atoms with E-state index in [1.54, 1.807) is 13.2 Å². The lowest BCUT2D eigenvalue weighted by Crippen LogP contribution is -2.35. The fraction of sp³-hybridized carbons (Fsp3) is 0.562. The van der Waals surface area contributed by atoms with Crippen LogP contribution in [0.4, 0.5) is 4.79 Å². The van der Waals surface area contributed by atoms with E-state index in [0.29, 0.717) is 19.4 Å². The molecule has 8 heteroatoms. The molecule has 1 amide bonds. The molecule has 2 N–H and O–H groups in total. The van der Waals surface area contributed by atoms with E-state index in [-0.39, 0.29) is 18.3 Å². The molecule has 0 aromatic carbocycles. The quantitative estimate of drug-likeness (QED) is 0.563. The highest BCUT2D eigenvalue weighted by Crippen LogP contribution is 2.04. The van der Waals surface area contributed by atoms with Gasteiger partial charge in [0.2, 0.25) is 6.79 Å². The molecule has 0 unspecified atom stereocenters. The van der Waals surface area contributed by atoms with E-state index >= 15 is 0 Å². The summed E-state index contributed by atoms with van der Waals surface area (Å²) in [5.41, 5.74) is 6.56. The average molecular weight is 360 g/mol. The van der Waals surface area contributed by atoms with Gasteiger partial charge in [-0.3, -0.25) is 9.78 Å². The molecule has 0 radical (unpaired) electrons. The molecule has 0 saturated heterocycles. The SMILES string of the molecule is CC(C)C[C@H](N)C(=O)OCOC(=O)N(C)CCc1ccccn1.Cl. The predicted octanol–water partition coefficient (Wildman–Crippen LogP) is 1.99. The highest BCUT2D eigenvalue weighted by atomic mass is 35.5. The van der Waals surface area contributed by atoms with Crippen LogP contribution in [0.3, 0.4) is 0 Å². The molecule has 1 aromatic rings. The van der Waals surface area contributed by atoms with Crippen LogP contribution in [-0.2, 0) is 20.7 Å². The number of rotatable bonds is 8. The highest BCUT2D eigenvalue weighted by Gasteiger charge is 2.17. The number of nitrogens with two attached hydrogens (primary N) is 1. The third kappa shape index (κ3) is 8.69. The third-order valence-corrected chi connectivity index (χ3v) is 3.15. The summed E-state index contributed by atoms with van der Waals surface area (Å²) in [5.74, 6) is -0.277. The maximum atomic E-state index is 11.8. The molecule has 7 nitrogen and oxygen atoms in total. The first-order valence-corrected chi connectivity index (χ1v) is 7.60. The summed E-state index contributed by atoms with van der Waals surface area (Å²) in [6.07, 6.45) is 2.28. The molecule has 0 spiro atoms. The Morgan fingerprint density at radius 2 is 2.00 bits per heavy atom. The number of aromatic nitrogens is 1. The molecule has 1 atom stereocenters. The van der Waals surface area contributed by atoms with Crippen molar-refractivity contribution in [1.82, 2.24) is 9.88 Å². The summed E-state index contributed by atoms with van der Waals surface area (Å²) in [4.78, 5) is 28.9. The van der Waals surface area contributed by atoms with Crippen molar-refractivity contribution in [1.29, 1.82) is 0 Å². The zero-order chi connectivity index (χ0) is 17.2. The number of halogens is 1. The van der Waals surface area contributed by atoms with Crippen LogP contribution < -0.4 is 5.73 Å². The maximum absolute atomic E-state index is 11.8. The first-order chi connectivity index (χ1) is 10.9. The monoisotopic (exact) mass is 359 g/mol. The largest absolute Gasteiger partial charge is 0.427 e. The average Bonchev–Trinajstić information content (AvgIpc) is 2.52. The van der Waals surface area contributed by atoms with Crippen molar-refractivity contribution in [3.05, 3.63) is 30.1 Å². The lowest BCUT2D eigenvalue weighted by atomic mass is 10.1. The van der Waals surface area contributed by atoms with Gasteiger partial charge in [-0.2, -0.15) is 0 Å². The molecule has 136 valence electrons. The number of likely N-dealkylation sites (N-methyl/N-ethyl adjacent to an activating group) is 1. The number of amides is 1. The van der Waals surface area contributed by atoms with Crippen molar-refractivity contribution in [3.63, 3.8) is 0 Å². The molecule has 0 aliphatic heterocycles. The van der Waals surface area contributed by atoms with Crippen molar-refractivity contribution >= 4 is 24.5 Å². The van der Waals surface area contributed by atoms with Crippen LogP contribution in [0, 0.1) is 5.92 Å². The number of pyridine rings is 1. The normalized spacial score (nSPS) is 11.4. The van der Waals surface area contributed by atoms with Crippen LogP contribution in [0.25, 0.3) is 0 Å². The Morgan fingerprint density at radius 1 is 1.29 bits per heavy atom. The molecule has 24 heavy (non-hydrogen) atoms. The maximum Gasteiger partial charge on any atom is 0.412 e. The summed E-state index contributed by atoms with van der Waals surface area (Å²) >= 11 is 0. The van der Waals surface area contributed by atoms with Gasteiger partial charge < -0.3 is 20.1 Å². The van der Waals surface area contributed by atoms with Crippen LogP contribution in [0.2, 0.25) is 0 Å². The Kier molecular flexibility index (Phi) is 10.7. The first-order valence-electron chi connectivity index (χ1n) is 7.60. The van der Waals surface area contributed by atoms with Crippen molar-refractivity contribution < 1.29 is 19.1 Å². The molecule has 1 heterocycles. The lowest BCUT2D eigenvalue weighted by Gasteiger charge is -2.17. The Balaban J connectivity index is 0.00000529. The van der Waals surface area contributed by atoms with Gasteiger partial charge >= 0.3 is 12.1 Å². The van der Waals surface area contributed by atoms with E-state index in [4.69, 9.17) is 15.2 Å². The molecule has 0 aliphatic carbocycles. The van der Waals surface area contributed by atoms with Gasteiger partial charge in [0.1, 0.15) is 6.04 Å². The number of carbonyl (C=O) groups excluding carboxylic acids is 2. The van der Waals surface area contributed by atoms with E-state index in [0.717, 1.165) is 5.69 Å². The first kappa shape index (κ1) is 22.1. The van der Waals surface area contributed by atoms with E-state index in [1.807, 2.05) is 32.0 Å². The van der Waals surface area contributed by atoms with Crippen LogP contribution in [0.1, 0.15) is 26.0 Å². The smallest absolute Gasteiger partial charge is 0.412 e.